The van der Waals surface area contributed by atoms with Crippen molar-refractivity contribution in [2.75, 3.05) is 5.32 Å². The van der Waals surface area contributed by atoms with Gasteiger partial charge < -0.3 is 5.32 Å². The van der Waals surface area contributed by atoms with Crippen LogP contribution in [-0.2, 0) is 0 Å². The molecule has 2 rings (SSSR count). The predicted octanol–water partition coefficient (Wildman–Crippen LogP) is 2.74. The van der Waals surface area contributed by atoms with E-state index in [1.165, 1.54) is 11.3 Å². The number of rotatable bonds is 3. The smallest absolute Gasteiger partial charge is 0.321 e. The number of hydrogen-bond donors (Lipinski definition) is 2. The van der Waals surface area contributed by atoms with Crippen LogP contribution in [0.1, 0.15) is 13.8 Å². The van der Waals surface area contributed by atoms with Gasteiger partial charge in [0.15, 0.2) is 5.13 Å². The number of urea groups is 1. The number of anilines is 1. The minimum Gasteiger partial charge on any atom is -0.336 e. The molecule has 0 radical (unpaired) electrons. The summed E-state index contributed by atoms with van der Waals surface area (Å²) in [6.45, 7) is 3.81. The number of pyridine rings is 1. The van der Waals surface area contributed by atoms with Crippen molar-refractivity contribution in [2.24, 2.45) is 0 Å². The first-order valence-electron chi connectivity index (χ1n) is 5.59. The minimum atomic E-state index is -0.244. The summed E-state index contributed by atoms with van der Waals surface area (Å²) in [6, 6.07) is 5.49. The number of nitrogens with one attached hydrogen (secondary N) is 2. The lowest BCUT2D eigenvalue weighted by molar-refractivity contribution is 0.250. The molecule has 2 N–H and O–H groups in total. The van der Waals surface area contributed by atoms with E-state index in [0.717, 1.165) is 11.4 Å². The second-order valence-electron chi connectivity index (χ2n) is 4.01. The zero-order chi connectivity index (χ0) is 13.0. The first kappa shape index (κ1) is 12.5. The highest BCUT2D eigenvalue weighted by Gasteiger charge is 2.08. The van der Waals surface area contributed by atoms with E-state index in [0.29, 0.717) is 5.13 Å². The van der Waals surface area contributed by atoms with Gasteiger partial charge in [0.1, 0.15) is 5.69 Å². The van der Waals surface area contributed by atoms with E-state index >= 15 is 0 Å². The Bertz CT molecular complexity index is 524. The number of hydrogen-bond acceptors (Lipinski definition) is 4. The van der Waals surface area contributed by atoms with Gasteiger partial charge in [-0.05, 0) is 26.0 Å². The molecule has 0 aliphatic carbocycles. The number of aromatic nitrogens is 2. The van der Waals surface area contributed by atoms with Crippen molar-refractivity contribution in [1.29, 1.82) is 0 Å². The maximum Gasteiger partial charge on any atom is 0.321 e. The molecule has 2 aromatic heterocycles. The molecular weight excluding hydrogens is 248 g/mol. The Labute approximate surface area is 109 Å². The molecule has 0 aliphatic heterocycles. The highest BCUT2D eigenvalue weighted by atomic mass is 32.1. The minimum absolute atomic E-state index is 0.0974. The van der Waals surface area contributed by atoms with Crippen LogP contribution in [0.5, 0.6) is 0 Å². The molecular formula is C12H14N4OS. The molecule has 0 unspecified atom stereocenters. The van der Waals surface area contributed by atoms with Crippen LogP contribution in [0, 0.1) is 0 Å². The van der Waals surface area contributed by atoms with E-state index in [2.05, 4.69) is 20.6 Å². The zero-order valence-electron chi connectivity index (χ0n) is 10.2. The zero-order valence-corrected chi connectivity index (χ0v) is 11.0. The topological polar surface area (TPSA) is 66.9 Å². The van der Waals surface area contributed by atoms with Crippen LogP contribution in [0.3, 0.4) is 0 Å². The van der Waals surface area contributed by atoms with Crippen LogP contribution in [-0.4, -0.2) is 22.0 Å². The first-order chi connectivity index (χ1) is 8.65. The van der Waals surface area contributed by atoms with Crippen molar-refractivity contribution in [2.45, 2.75) is 19.9 Å². The lowest BCUT2D eigenvalue weighted by atomic mass is 10.3. The summed E-state index contributed by atoms with van der Waals surface area (Å²) in [5, 5.41) is 7.87. The number of nitrogens with zero attached hydrogens (tertiary/aromatic N) is 2. The van der Waals surface area contributed by atoms with E-state index in [-0.39, 0.29) is 12.1 Å². The fraction of sp³-hybridized carbons (Fsp3) is 0.250. The fourth-order valence-electron chi connectivity index (χ4n) is 1.36. The third kappa shape index (κ3) is 3.27. The van der Waals surface area contributed by atoms with Gasteiger partial charge in [-0.2, -0.15) is 0 Å². The molecule has 0 atom stereocenters. The summed E-state index contributed by atoms with van der Waals surface area (Å²) in [7, 11) is 0. The first-order valence-corrected chi connectivity index (χ1v) is 6.47. The summed E-state index contributed by atoms with van der Waals surface area (Å²) in [5.74, 6) is 0. The third-order valence-corrected chi connectivity index (χ3v) is 2.83. The summed E-state index contributed by atoms with van der Waals surface area (Å²) >= 11 is 1.38. The van der Waals surface area contributed by atoms with Gasteiger partial charge in [-0.15, -0.1) is 11.3 Å². The van der Waals surface area contributed by atoms with Crippen molar-refractivity contribution in [1.82, 2.24) is 15.3 Å². The van der Waals surface area contributed by atoms with Crippen LogP contribution in [0.2, 0.25) is 0 Å². The highest BCUT2D eigenvalue weighted by molar-refractivity contribution is 7.14. The molecule has 0 fully saturated rings. The SMILES string of the molecule is CC(C)NC(=O)Nc1nc(-c2ccccn2)cs1. The number of carbonyl (C=O) groups excluding carboxylic acids is 1. The summed E-state index contributed by atoms with van der Waals surface area (Å²) < 4.78 is 0. The summed E-state index contributed by atoms with van der Waals surface area (Å²) in [5.41, 5.74) is 1.56. The van der Waals surface area contributed by atoms with E-state index in [4.69, 9.17) is 0 Å². The standard InChI is InChI=1S/C12H14N4OS/c1-8(2)14-11(17)16-12-15-10(7-18-12)9-5-3-4-6-13-9/h3-8H,1-2H3,(H2,14,15,16,17). The third-order valence-electron chi connectivity index (χ3n) is 2.07. The molecule has 2 heterocycles. The molecule has 0 aromatic carbocycles. The molecule has 6 heteroatoms. The maximum atomic E-state index is 11.5. The molecule has 0 bridgehead atoms. The molecule has 2 amide bonds. The second kappa shape index (κ2) is 5.59. The Morgan fingerprint density at radius 3 is 2.83 bits per heavy atom. The molecule has 18 heavy (non-hydrogen) atoms. The van der Waals surface area contributed by atoms with Gasteiger partial charge >= 0.3 is 6.03 Å². The molecule has 0 spiro atoms. The van der Waals surface area contributed by atoms with Crippen LogP contribution in [0.15, 0.2) is 29.8 Å². The molecule has 0 saturated carbocycles. The number of amides is 2. The maximum absolute atomic E-state index is 11.5. The molecule has 2 aromatic rings. The van der Waals surface area contributed by atoms with Crippen molar-refractivity contribution in [3.05, 3.63) is 29.8 Å². The van der Waals surface area contributed by atoms with Crippen LogP contribution in [0.25, 0.3) is 11.4 Å². The Kier molecular flexibility index (Phi) is 3.88. The summed E-state index contributed by atoms with van der Waals surface area (Å²) in [4.78, 5) is 20.0. The highest BCUT2D eigenvalue weighted by Crippen LogP contribution is 2.22. The lowest BCUT2D eigenvalue weighted by Gasteiger charge is -2.07. The van der Waals surface area contributed by atoms with Gasteiger partial charge in [-0.25, -0.2) is 9.78 Å². The van der Waals surface area contributed by atoms with Gasteiger partial charge in [0.05, 0.1) is 5.69 Å². The van der Waals surface area contributed by atoms with E-state index < -0.39 is 0 Å². The van der Waals surface area contributed by atoms with E-state index in [1.807, 2.05) is 37.4 Å². The van der Waals surface area contributed by atoms with Gasteiger partial charge in [-0.1, -0.05) is 6.07 Å². The lowest BCUT2D eigenvalue weighted by Crippen LogP contribution is -2.34. The van der Waals surface area contributed by atoms with Crippen molar-refractivity contribution < 1.29 is 4.79 Å². The van der Waals surface area contributed by atoms with Crippen molar-refractivity contribution in [3.8, 4) is 11.4 Å². The molecule has 5 nitrogen and oxygen atoms in total. The van der Waals surface area contributed by atoms with Gasteiger partial charge in [0.25, 0.3) is 0 Å². The van der Waals surface area contributed by atoms with E-state index in [1.54, 1.807) is 6.20 Å². The van der Waals surface area contributed by atoms with Crippen LogP contribution in [0.4, 0.5) is 9.93 Å². The van der Waals surface area contributed by atoms with Crippen molar-refractivity contribution in [3.63, 3.8) is 0 Å². The Hall–Kier alpha value is -1.95. The van der Waals surface area contributed by atoms with Gasteiger partial charge in [-0.3, -0.25) is 10.3 Å². The Morgan fingerprint density at radius 1 is 1.33 bits per heavy atom. The molecule has 0 aliphatic rings. The van der Waals surface area contributed by atoms with Crippen LogP contribution >= 0.6 is 11.3 Å². The van der Waals surface area contributed by atoms with Crippen molar-refractivity contribution >= 4 is 22.5 Å². The predicted molar refractivity (Wildman–Crippen MR) is 72.6 cm³/mol. The van der Waals surface area contributed by atoms with Crippen LogP contribution < -0.4 is 10.6 Å². The second-order valence-corrected chi connectivity index (χ2v) is 4.86. The monoisotopic (exact) mass is 262 g/mol. The quantitative estimate of drug-likeness (QED) is 0.893. The average Bonchev–Trinajstić information content (AvgIpc) is 2.77. The number of carbonyl (C=O) groups is 1. The largest absolute Gasteiger partial charge is 0.336 e. The average molecular weight is 262 g/mol. The molecule has 0 saturated heterocycles. The Balaban J connectivity index is 2.05. The number of thiazole rings is 1. The van der Waals surface area contributed by atoms with Gasteiger partial charge in [0, 0.05) is 17.6 Å². The summed E-state index contributed by atoms with van der Waals surface area (Å²) in [6.07, 6.45) is 1.72. The molecule has 94 valence electrons. The Morgan fingerprint density at radius 2 is 2.17 bits per heavy atom. The van der Waals surface area contributed by atoms with Gasteiger partial charge in [0.2, 0.25) is 0 Å². The van der Waals surface area contributed by atoms with E-state index in [9.17, 15) is 4.79 Å². The normalized spacial score (nSPS) is 10.4. The fourth-order valence-corrected chi connectivity index (χ4v) is 2.06.